The molecule has 0 radical (unpaired) electrons. The van der Waals surface area contributed by atoms with E-state index in [0.29, 0.717) is 19.6 Å². The van der Waals surface area contributed by atoms with Gasteiger partial charge in [-0.25, -0.2) is 0 Å². The summed E-state index contributed by atoms with van der Waals surface area (Å²) in [6.45, 7) is 5.02. The molecular formula is C15H26N4O2. The van der Waals surface area contributed by atoms with Gasteiger partial charge in [0.15, 0.2) is 0 Å². The summed E-state index contributed by atoms with van der Waals surface area (Å²) in [7, 11) is 0. The molecule has 118 valence electrons. The van der Waals surface area contributed by atoms with Crippen molar-refractivity contribution in [2.75, 3.05) is 45.8 Å². The number of piperidine rings is 1. The number of hydrogen-bond acceptors (Lipinski definition) is 4. The molecule has 2 saturated heterocycles. The largest absolute Gasteiger partial charge is 0.340 e. The van der Waals surface area contributed by atoms with E-state index >= 15 is 0 Å². The van der Waals surface area contributed by atoms with Gasteiger partial charge in [0.25, 0.3) is 0 Å². The minimum atomic E-state index is 0.174. The molecule has 0 bridgehead atoms. The second-order valence-electron chi connectivity index (χ2n) is 6.47. The van der Waals surface area contributed by atoms with Crippen LogP contribution in [0.2, 0.25) is 0 Å². The zero-order valence-electron chi connectivity index (χ0n) is 12.6. The Bertz CT molecular complexity index is 397. The van der Waals surface area contributed by atoms with Gasteiger partial charge in [-0.1, -0.05) is 0 Å². The molecule has 2 N–H and O–H groups in total. The number of amides is 2. The zero-order chi connectivity index (χ0) is 14.7. The molecule has 1 unspecified atom stereocenters. The molecule has 2 heterocycles. The molecule has 0 aromatic heterocycles. The van der Waals surface area contributed by atoms with Crippen molar-refractivity contribution in [1.29, 1.82) is 0 Å². The topological polar surface area (TPSA) is 64.7 Å². The van der Waals surface area contributed by atoms with E-state index in [9.17, 15) is 9.59 Å². The molecule has 0 aromatic rings. The maximum atomic E-state index is 12.3. The fraction of sp³-hybridized carbons (Fsp3) is 0.867. The Labute approximate surface area is 126 Å². The number of carbonyl (C=O) groups is 2. The first kappa shape index (κ1) is 14.8. The Morgan fingerprint density at radius 2 is 2.14 bits per heavy atom. The molecule has 6 heteroatoms. The molecule has 21 heavy (non-hydrogen) atoms. The number of rotatable bonds is 5. The maximum absolute atomic E-state index is 12.3. The highest BCUT2D eigenvalue weighted by atomic mass is 16.2. The van der Waals surface area contributed by atoms with Crippen molar-refractivity contribution in [3.8, 4) is 0 Å². The van der Waals surface area contributed by atoms with Crippen LogP contribution in [0.15, 0.2) is 0 Å². The van der Waals surface area contributed by atoms with Gasteiger partial charge in [-0.15, -0.1) is 0 Å². The van der Waals surface area contributed by atoms with Gasteiger partial charge in [0, 0.05) is 32.2 Å². The van der Waals surface area contributed by atoms with Gasteiger partial charge in [-0.2, -0.15) is 0 Å². The summed E-state index contributed by atoms with van der Waals surface area (Å²) in [5.41, 5.74) is 0. The van der Waals surface area contributed by atoms with Crippen molar-refractivity contribution in [3.63, 3.8) is 0 Å². The van der Waals surface area contributed by atoms with Crippen LogP contribution in [-0.2, 0) is 9.59 Å². The number of nitrogens with one attached hydrogen (secondary N) is 2. The summed E-state index contributed by atoms with van der Waals surface area (Å²) in [6, 6.07) is 0.209. The number of likely N-dealkylation sites (tertiary alicyclic amines) is 1. The van der Waals surface area contributed by atoms with E-state index < -0.39 is 0 Å². The monoisotopic (exact) mass is 294 g/mol. The van der Waals surface area contributed by atoms with Gasteiger partial charge in [0.1, 0.15) is 0 Å². The summed E-state index contributed by atoms with van der Waals surface area (Å²) in [5, 5.41) is 6.37. The van der Waals surface area contributed by atoms with Crippen molar-refractivity contribution >= 4 is 11.8 Å². The second kappa shape index (κ2) is 6.75. The third kappa shape index (κ3) is 3.95. The van der Waals surface area contributed by atoms with Gasteiger partial charge < -0.3 is 20.4 Å². The molecule has 6 nitrogen and oxygen atoms in total. The van der Waals surface area contributed by atoms with Crippen molar-refractivity contribution in [2.45, 2.75) is 31.7 Å². The molecule has 0 aromatic carbocycles. The highest BCUT2D eigenvalue weighted by Crippen LogP contribution is 2.27. The van der Waals surface area contributed by atoms with Gasteiger partial charge >= 0.3 is 0 Å². The fourth-order valence-electron chi connectivity index (χ4n) is 3.26. The summed E-state index contributed by atoms with van der Waals surface area (Å²) >= 11 is 0. The lowest BCUT2D eigenvalue weighted by Gasteiger charge is -2.41. The molecule has 1 aliphatic carbocycles. The Morgan fingerprint density at radius 3 is 2.90 bits per heavy atom. The molecular weight excluding hydrogens is 268 g/mol. The van der Waals surface area contributed by atoms with E-state index in [1.807, 2.05) is 9.80 Å². The Balaban J connectivity index is 1.47. The predicted octanol–water partition coefficient (Wildman–Crippen LogP) is -0.591. The van der Waals surface area contributed by atoms with Gasteiger partial charge in [-0.3, -0.25) is 9.59 Å². The van der Waals surface area contributed by atoms with E-state index in [2.05, 4.69) is 10.6 Å². The van der Waals surface area contributed by atoms with Crippen LogP contribution in [0.1, 0.15) is 25.7 Å². The van der Waals surface area contributed by atoms with Crippen molar-refractivity contribution in [2.24, 2.45) is 5.92 Å². The van der Waals surface area contributed by atoms with Gasteiger partial charge in [0.05, 0.1) is 13.1 Å². The van der Waals surface area contributed by atoms with Gasteiger partial charge in [0.2, 0.25) is 11.8 Å². The number of nitrogens with zero attached hydrogens (tertiary/aromatic N) is 2. The van der Waals surface area contributed by atoms with Crippen LogP contribution in [0.4, 0.5) is 0 Å². The highest BCUT2D eigenvalue weighted by molar-refractivity contribution is 5.80. The quantitative estimate of drug-likeness (QED) is 0.711. The average molecular weight is 294 g/mol. The highest BCUT2D eigenvalue weighted by Gasteiger charge is 2.31. The predicted molar refractivity (Wildman–Crippen MR) is 79.8 cm³/mol. The van der Waals surface area contributed by atoms with Crippen LogP contribution in [0.3, 0.4) is 0 Å². The lowest BCUT2D eigenvalue weighted by Crippen LogP contribution is -2.58. The van der Waals surface area contributed by atoms with E-state index in [-0.39, 0.29) is 17.9 Å². The van der Waals surface area contributed by atoms with Crippen LogP contribution in [0.25, 0.3) is 0 Å². The summed E-state index contributed by atoms with van der Waals surface area (Å²) in [5.74, 6) is 1.15. The van der Waals surface area contributed by atoms with E-state index in [1.54, 1.807) is 0 Å². The van der Waals surface area contributed by atoms with Crippen LogP contribution in [0, 0.1) is 5.92 Å². The molecule has 1 atom stereocenters. The fourth-order valence-corrected chi connectivity index (χ4v) is 3.26. The van der Waals surface area contributed by atoms with E-state index in [0.717, 1.165) is 44.9 Å². The second-order valence-corrected chi connectivity index (χ2v) is 6.47. The summed E-state index contributed by atoms with van der Waals surface area (Å²) in [6.07, 6.45) is 4.62. The Kier molecular flexibility index (Phi) is 4.75. The van der Waals surface area contributed by atoms with Crippen LogP contribution in [-0.4, -0.2) is 73.5 Å². The van der Waals surface area contributed by atoms with Crippen molar-refractivity contribution < 1.29 is 9.59 Å². The lowest BCUT2D eigenvalue weighted by atomic mass is 10.0. The molecule has 2 aliphatic heterocycles. The molecule has 3 aliphatic rings. The van der Waals surface area contributed by atoms with E-state index in [1.165, 1.54) is 12.8 Å². The number of carbonyl (C=O) groups excluding carboxylic acids is 2. The zero-order valence-corrected chi connectivity index (χ0v) is 12.6. The average Bonchev–Trinajstić information content (AvgIpc) is 3.32. The first-order valence-corrected chi connectivity index (χ1v) is 8.22. The van der Waals surface area contributed by atoms with Crippen LogP contribution in [0.5, 0.6) is 0 Å². The van der Waals surface area contributed by atoms with Crippen LogP contribution >= 0.6 is 0 Å². The Morgan fingerprint density at radius 1 is 1.29 bits per heavy atom. The first-order valence-electron chi connectivity index (χ1n) is 8.22. The van der Waals surface area contributed by atoms with Crippen molar-refractivity contribution in [3.05, 3.63) is 0 Å². The van der Waals surface area contributed by atoms with E-state index in [4.69, 9.17) is 0 Å². The standard InChI is InChI=1S/C15H26N4O2/c20-14(9-17-8-12-3-4-12)18-6-1-2-13(11-18)19-7-5-16-10-15(19)21/h12-13,16-17H,1-11H2. The first-order chi connectivity index (χ1) is 10.2. The minimum absolute atomic E-state index is 0.174. The molecule has 0 spiro atoms. The summed E-state index contributed by atoms with van der Waals surface area (Å²) < 4.78 is 0. The van der Waals surface area contributed by atoms with Crippen LogP contribution < -0.4 is 10.6 Å². The molecule has 3 rings (SSSR count). The third-order valence-corrected chi connectivity index (χ3v) is 4.72. The lowest BCUT2D eigenvalue weighted by molar-refractivity contribution is -0.140. The minimum Gasteiger partial charge on any atom is -0.340 e. The molecule has 1 saturated carbocycles. The Hall–Kier alpha value is -1.14. The summed E-state index contributed by atoms with van der Waals surface area (Å²) in [4.78, 5) is 28.1. The van der Waals surface area contributed by atoms with Crippen molar-refractivity contribution in [1.82, 2.24) is 20.4 Å². The number of hydrogen-bond donors (Lipinski definition) is 2. The SMILES string of the molecule is O=C(CNCC1CC1)N1CCCC(N2CCNCC2=O)C1. The molecule has 2 amide bonds. The molecule has 3 fully saturated rings. The number of piperazine rings is 1. The normalized spacial score (nSPS) is 27.0. The van der Waals surface area contributed by atoms with Gasteiger partial charge in [-0.05, 0) is 38.1 Å². The third-order valence-electron chi connectivity index (χ3n) is 4.72. The maximum Gasteiger partial charge on any atom is 0.236 e. The smallest absolute Gasteiger partial charge is 0.236 e.